The van der Waals surface area contributed by atoms with Gasteiger partial charge in [-0.05, 0) is 12.1 Å². The number of alkyl halides is 3. The molecule has 1 N–H and O–H groups in total. The largest absolute Gasteiger partial charge is 0.431 e. The summed E-state index contributed by atoms with van der Waals surface area (Å²) in [5, 5.41) is 11.4. The van der Waals surface area contributed by atoms with Crippen LogP contribution in [0.3, 0.4) is 0 Å². The van der Waals surface area contributed by atoms with E-state index in [1.165, 1.54) is 36.4 Å². The normalized spacial score (nSPS) is 11.8. The number of aromatic nitrogens is 1. The quantitative estimate of drug-likeness (QED) is 0.548. The summed E-state index contributed by atoms with van der Waals surface area (Å²) in [5.74, 6) is 0. The van der Waals surface area contributed by atoms with Gasteiger partial charge in [0, 0.05) is 22.5 Å². The molecule has 0 aliphatic rings. The van der Waals surface area contributed by atoms with Crippen molar-refractivity contribution < 1.29 is 18.1 Å². The van der Waals surface area contributed by atoms with Crippen molar-refractivity contribution >= 4 is 16.6 Å². The minimum atomic E-state index is -4.64. The fraction of sp³-hybridized carbons (Fsp3) is 0.0667. The van der Waals surface area contributed by atoms with Gasteiger partial charge in [-0.3, -0.25) is 10.1 Å². The van der Waals surface area contributed by atoms with Crippen molar-refractivity contribution in [3.63, 3.8) is 0 Å². The first-order chi connectivity index (χ1) is 10.4. The van der Waals surface area contributed by atoms with Gasteiger partial charge < -0.3 is 4.98 Å². The first kappa shape index (κ1) is 14.1. The van der Waals surface area contributed by atoms with E-state index in [1.807, 2.05) is 0 Å². The van der Waals surface area contributed by atoms with Crippen LogP contribution in [0.5, 0.6) is 0 Å². The molecule has 2 aromatic carbocycles. The van der Waals surface area contributed by atoms with Crippen LogP contribution in [0, 0.1) is 10.1 Å². The molecule has 1 heterocycles. The summed E-state index contributed by atoms with van der Waals surface area (Å²) in [4.78, 5) is 12.8. The number of nitro groups is 1. The summed E-state index contributed by atoms with van der Waals surface area (Å²) in [7, 11) is 0. The van der Waals surface area contributed by atoms with Crippen molar-refractivity contribution in [2.45, 2.75) is 6.18 Å². The Kier molecular flexibility index (Phi) is 3.13. The number of halogens is 3. The highest BCUT2D eigenvalue weighted by Gasteiger charge is 2.38. The average molecular weight is 306 g/mol. The zero-order valence-corrected chi connectivity index (χ0v) is 11.0. The molecule has 0 radical (unpaired) electrons. The number of aromatic amines is 1. The van der Waals surface area contributed by atoms with Crippen LogP contribution in [-0.4, -0.2) is 9.91 Å². The van der Waals surface area contributed by atoms with Gasteiger partial charge in [0.05, 0.1) is 10.5 Å². The Balaban J connectivity index is 2.42. The smallest absolute Gasteiger partial charge is 0.350 e. The number of nitrogens with zero attached hydrogens (tertiary/aromatic N) is 1. The SMILES string of the molecule is O=[N+]([O-])c1ccccc1-c1c(C(F)(F)F)[nH]c2ccccc12. The van der Waals surface area contributed by atoms with Gasteiger partial charge >= 0.3 is 6.18 Å². The molecule has 0 aliphatic heterocycles. The van der Waals surface area contributed by atoms with Gasteiger partial charge in [0.15, 0.2) is 0 Å². The van der Waals surface area contributed by atoms with Gasteiger partial charge in [-0.1, -0.05) is 30.3 Å². The van der Waals surface area contributed by atoms with Crippen LogP contribution in [0.2, 0.25) is 0 Å². The molecule has 0 aliphatic carbocycles. The van der Waals surface area contributed by atoms with Crippen LogP contribution < -0.4 is 0 Å². The van der Waals surface area contributed by atoms with E-state index in [2.05, 4.69) is 4.98 Å². The van der Waals surface area contributed by atoms with Crippen molar-refractivity contribution in [3.8, 4) is 11.1 Å². The van der Waals surface area contributed by atoms with E-state index in [0.717, 1.165) is 0 Å². The third-order valence-electron chi connectivity index (χ3n) is 3.36. The van der Waals surface area contributed by atoms with E-state index in [0.29, 0.717) is 5.39 Å². The summed E-state index contributed by atoms with van der Waals surface area (Å²) in [5.41, 5.74) is -1.32. The molecular weight excluding hydrogens is 297 g/mol. The molecule has 1 aromatic heterocycles. The Morgan fingerprint density at radius 2 is 1.64 bits per heavy atom. The van der Waals surface area contributed by atoms with Crippen LogP contribution in [0.1, 0.15) is 5.69 Å². The standard InChI is InChI=1S/C15H9F3N2O2/c16-15(17,18)14-13(9-5-1-3-7-11(9)19-14)10-6-2-4-8-12(10)20(21)22/h1-8,19H. The Bertz CT molecular complexity index is 869. The highest BCUT2D eigenvalue weighted by Crippen LogP contribution is 2.43. The van der Waals surface area contributed by atoms with E-state index in [1.54, 1.807) is 12.1 Å². The van der Waals surface area contributed by atoms with Crippen molar-refractivity contribution in [3.05, 3.63) is 64.3 Å². The highest BCUT2D eigenvalue weighted by molar-refractivity contribution is 5.99. The van der Waals surface area contributed by atoms with Crippen molar-refractivity contribution in [1.29, 1.82) is 0 Å². The number of hydrogen-bond acceptors (Lipinski definition) is 2. The maximum absolute atomic E-state index is 13.3. The third-order valence-corrected chi connectivity index (χ3v) is 3.36. The Morgan fingerprint density at radius 1 is 1.00 bits per heavy atom. The van der Waals surface area contributed by atoms with Crippen LogP contribution in [-0.2, 0) is 6.18 Å². The lowest BCUT2D eigenvalue weighted by Gasteiger charge is -2.09. The predicted molar refractivity (Wildman–Crippen MR) is 75.4 cm³/mol. The first-order valence-electron chi connectivity index (χ1n) is 6.31. The number of rotatable bonds is 2. The van der Waals surface area contributed by atoms with Gasteiger partial charge in [-0.25, -0.2) is 0 Å². The van der Waals surface area contributed by atoms with E-state index in [-0.39, 0.29) is 22.3 Å². The summed E-state index contributed by atoms with van der Waals surface area (Å²) in [6, 6.07) is 11.6. The van der Waals surface area contributed by atoms with Gasteiger partial charge in [-0.2, -0.15) is 13.2 Å². The van der Waals surface area contributed by atoms with Crippen LogP contribution in [0.4, 0.5) is 18.9 Å². The molecule has 0 atom stereocenters. The molecule has 0 saturated carbocycles. The lowest BCUT2D eigenvalue weighted by molar-refractivity contribution is -0.384. The molecule has 0 bridgehead atoms. The summed E-state index contributed by atoms with van der Waals surface area (Å²) >= 11 is 0. The second-order valence-electron chi connectivity index (χ2n) is 4.69. The van der Waals surface area contributed by atoms with Crippen molar-refractivity contribution in [2.24, 2.45) is 0 Å². The van der Waals surface area contributed by atoms with E-state index in [4.69, 9.17) is 0 Å². The molecule has 0 unspecified atom stereocenters. The van der Waals surface area contributed by atoms with Crippen molar-refractivity contribution in [2.75, 3.05) is 0 Å². The van der Waals surface area contributed by atoms with E-state index in [9.17, 15) is 23.3 Å². The maximum Gasteiger partial charge on any atom is 0.431 e. The highest BCUT2D eigenvalue weighted by atomic mass is 19.4. The number of benzene rings is 2. The lowest BCUT2D eigenvalue weighted by Crippen LogP contribution is -2.07. The molecule has 0 fully saturated rings. The molecular formula is C15H9F3N2O2. The number of fused-ring (bicyclic) bond motifs is 1. The molecule has 0 spiro atoms. The van der Waals surface area contributed by atoms with Gasteiger partial charge in [0.1, 0.15) is 5.69 Å². The van der Waals surface area contributed by atoms with Crippen LogP contribution in [0.15, 0.2) is 48.5 Å². The van der Waals surface area contributed by atoms with Gasteiger partial charge in [-0.15, -0.1) is 0 Å². The monoisotopic (exact) mass is 306 g/mol. The van der Waals surface area contributed by atoms with Crippen LogP contribution in [0.25, 0.3) is 22.0 Å². The Hall–Kier alpha value is -2.83. The number of hydrogen-bond donors (Lipinski definition) is 1. The first-order valence-corrected chi connectivity index (χ1v) is 6.31. The second-order valence-corrected chi connectivity index (χ2v) is 4.69. The predicted octanol–water partition coefficient (Wildman–Crippen LogP) is 4.76. The molecule has 112 valence electrons. The fourth-order valence-electron chi connectivity index (χ4n) is 2.48. The maximum atomic E-state index is 13.3. The minimum Gasteiger partial charge on any atom is -0.350 e. The van der Waals surface area contributed by atoms with Gasteiger partial charge in [0.2, 0.25) is 0 Å². The molecule has 7 heteroatoms. The molecule has 3 aromatic rings. The Labute approximate surface area is 122 Å². The average Bonchev–Trinajstić information content (AvgIpc) is 2.86. The van der Waals surface area contributed by atoms with Crippen molar-refractivity contribution in [1.82, 2.24) is 4.98 Å². The second kappa shape index (κ2) is 4.87. The zero-order chi connectivity index (χ0) is 15.9. The summed E-state index contributed by atoms with van der Waals surface area (Å²) < 4.78 is 39.9. The molecule has 3 rings (SSSR count). The topological polar surface area (TPSA) is 58.9 Å². The third kappa shape index (κ3) is 2.20. The number of para-hydroxylation sites is 2. The zero-order valence-electron chi connectivity index (χ0n) is 11.0. The number of nitro benzene ring substituents is 1. The molecule has 22 heavy (non-hydrogen) atoms. The molecule has 0 amide bonds. The lowest BCUT2D eigenvalue weighted by atomic mass is 10.00. The number of H-pyrrole nitrogens is 1. The Morgan fingerprint density at radius 3 is 2.32 bits per heavy atom. The van der Waals surface area contributed by atoms with Gasteiger partial charge in [0.25, 0.3) is 5.69 Å². The summed E-state index contributed by atoms with van der Waals surface area (Å²) in [6.45, 7) is 0. The van der Waals surface area contributed by atoms with E-state index >= 15 is 0 Å². The fourth-order valence-corrected chi connectivity index (χ4v) is 2.48. The minimum absolute atomic E-state index is 0.0581. The molecule has 0 saturated heterocycles. The number of nitrogens with one attached hydrogen (secondary N) is 1. The summed E-state index contributed by atoms with van der Waals surface area (Å²) in [6.07, 6.45) is -4.64. The van der Waals surface area contributed by atoms with Crippen LogP contribution >= 0.6 is 0 Å². The van der Waals surface area contributed by atoms with E-state index < -0.39 is 16.8 Å². The molecule has 4 nitrogen and oxygen atoms in total.